The highest BCUT2D eigenvalue weighted by molar-refractivity contribution is 6.00. The first-order valence-corrected chi connectivity index (χ1v) is 8.94. The van der Waals surface area contributed by atoms with Gasteiger partial charge in [0, 0.05) is 24.2 Å². The highest BCUT2D eigenvalue weighted by Crippen LogP contribution is 2.35. The van der Waals surface area contributed by atoms with E-state index in [4.69, 9.17) is 5.73 Å². The van der Waals surface area contributed by atoms with Crippen LogP contribution in [0.3, 0.4) is 0 Å². The number of hydrogen-bond donors (Lipinski definition) is 3. The van der Waals surface area contributed by atoms with E-state index in [0.29, 0.717) is 17.7 Å². The summed E-state index contributed by atoms with van der Waals surface area (Å²) in [6.45, 7) is 5.84. The van der Waals surface area contributed by atoms with Gasteiger partial charge >= 0.3 is 0 Å². The number of nitrogens with two attached hydrogens (primary N) is 1. The molecular formula is C20H28N2O3. The van der Waals surface area contributed by atoms with E-state index in [1.54, 1.807) is 19.1 Å². The molecule has 0 heterocycles. The van der Waals surface area contributed by atoms with Gasteiger partial charge in [0.25, 0.3) is 5.91 Å². The van der Waals surface area contributed by atoms with Gasteiger partial charge in [0.1, 0.15) is 0 Å². The Morgan fingerprint density at radius 3 is 2.52 bits per heavy atom. The largest absolute Gasteiger partial charge is 0.504 e. The van der Waals surface area contributed by atoms with Crippen LogP contribution in [-0.2, 0) is 0 Å². The number of carbonyl (C=O) groups excluding carboxylic acids is 1. The van der Waals surface area contributed by atoms with E-state index < -0.39 is 0 Å². The van der Waals surface area contributed by atoms with Crippen molar-refractivity contribution in [3.05, 3.63) is 35.4 Å². The third-order valence-corrected chi connectivity index (χ3v) is 4.64. The predicted molar refractivity (Wildman–Crippen MR) is 101 cm³/mol. The van der Waals surface area contributed by atoms with Crippen LogP contribution >= 0.6 is 0 Å². The maximum Gasteiger partial charge on any atom is 0.253 e. The molecule has 0 aliphatic carbocycles. The first-order chi connectivity index (χ1) is 12.0. The summed E-state index contributed by atoms with van der Waals surface area (Å²) < 4.78 is 0. The molecule has 4 N–H and O–H groups in total. The van der Waals surface area contributed by atoms with Crippen LogP contribution in [0, 0.1) is 6.92 Å². The summed E-state index contributed by atoms with van der Waals surface area (Å²) in [5, 5.41) is 21.2. The monoisotopic (exact) mass is 344 g/mol. The third-order valence-electron chi connectivity index (χ3n) is 4.64. The molecule has 0 saturated heterocycles. The minimum Gasteiger partial charge on any atom is -0.504 e. The minimum absolute atomic E-state index is 0.00607. The lowest BCUT2D eigenvalue weighted by molar-refractivity contribution is 0.0761. The Morgan fingerprint density at radius 1 is 1.12 bits per heavy atom. The van der Waals surface area contributed by atoms with Crippen LogP contribution in [0.1, 0.15) is 48.5 Å². The number of amides is 1. The highest BCUT2D eigenvalue weighted by atomic mass is 16.3. The molecule has 0 aliphatic heterocycles. The molecule has 0 saturated carbocycles. The van der Waals surface area contributed by atoms with Crippen LogP contribution in [0.15, 0.2) is 24.3 Å². The lowest BCUT2D eigenvalue weighted by Crippen LogP contribution is -2.31. The van der Waals surface area contributed by atoms with Crippen molar-refractivity contribution in [2.45, 2.75) is 39.5 Å². The summed E-state index contributed by atoms with van der Waals surface area (Å²) in [5.74, 6) is -0.283. The Bertz CT molecular complexity index is 743. The Hall–Kier alpha value is -2.27. The average molecular weight is 344 g/mol. The van der Waals surface area contributed by atoms with Crippen molar-refractivity contribution < 1.29 is 15.0 Å². The number of rotatable bonds is 8. The van der Waals surface area contributed by atoms with E-state index in [0.717, 1.165) is 49.5 Å². The standard InChI is InChI=1S/C20H28N2O3/c1-3-22(11-7-5-4-6-10-21)20(25)15-8-9-17-14(2)19(24)18(23)13-16(17)12-15/h8-9,12-13,23-24H,3-7,10-11,21H2,1-2H3. The normalized spacial score (nSPS) is 11.0. The van der Waals surface area contributed by atoms with Gasteiger partial charge in [-0.1, -0.05) is 18.9 Å². The van der Waals surface area contributed by atoms with Crippen molar-refractivity contribution in [3.8, 4) is 11.5 Å². The highest BCUT2D eigenvalue weighted by Gasteiger charge is 2.16. The van der Waals surface area contributed by atoms with Gasteiger partial charge in [-0.05, 0) is 62.2 Å². The van der Waals surface area contributed by atoms with Crippen molar-refractivity contribution in [1.29, 1.82) is 0 Å². The number of benzene rings is 2. The van der Waals surface area contributed by atoms with Gasteiger partial charge in [0.15, 0.2) is 11.5 Å². The Morgan fingerprint density at radius 2 is 1.84 bits per heavy atom. The molecule has 0 radical (unpaired) electrons. The molecule has 2 aromatic carbocycles. The van der Waals surface area contributed by atoms with Gasteiger partial charge in [-0.3, -0.25) is 4.79 Å². The average Bonchev–Trinajstić information content (AvgIpc) is 2.62. The van der Waals surface area contributed by atoms with E-state index in [9.17, 15) is 15.0 Å². The zero-order chi connectivity index (χ0) is 18.4. The fourth-order valence-corrected chi connectivity index (χ4v) is 3.08. The van der Waals surface area contributed by atoms with Crippen LogP contribution in [0.2, 0.25) is 0 Å². The second-order valence-corrected chi connectivity index (χ2v) is 6.39. The van der Waals surface area contributed by atoms with Crippen LogP contribution in [0.25, 0.3) is 10.8 Å². The molecule has 2 rings (SSSR count). The molecule has 136 valence electrons. The van der Waals surface area contributed by atoms with Crippen molar-refractivity contribution in [1.82, 2.24) is 4.90 Å². The van der Waals surface area contributed by atoms with E-state index >= 15 is 0 Å². The van der Waals surface area contributed by atoms with Gasteiger partial charge in [-0.2, -0.15) is 0 Å². The molecule has 0 spiro atoms. The topological polar surface area (TPSA) is 86.8 Å². The number of unbranched alkanes of at least 4 members (excludes halogenated alkanes) is 3. The quantitative estimate of drug-likeness (QED) is 0.505. The molecule has 5 nitrogen and oxygen atoms in total. The first kappa shape index (κ1) is 19.1. The zero-order valence-electron chi connectivity index (χ0n) is 15.1. The fourth-order valence-electron chi connectivity index (χ4n) is 3.08. The van der Waals surface area contributed by atoms with Gasteiger partial charge < -0.3 is 20.8 Å². The molecule has 0 fully saturated rings. The molecular weight excluding hydrogens is 316 g/mol. The molecule has 0 atom stereocenters. The summed E-state index contributed by atoms with van der Waals surface area (Å²) >= 11 is 0. The molecule has 5 heteroatoms. The number of phenolic OH excluding ortho intramolecular Hbond substituents is 2. The fraction of sp³-hybridized carbons (Fsp3) is 0.450. The Labute approximate surface area is 149 Å². The van der Waals surface area contributed by atoms with Crippen molar-refractivity contribution in [2.24, 2.45) is 5.73 Å². The van der Waals surface area contributed by atoms with Crippen LogP contribution in [-0.4, -0.2) is 40.7 Å². The van der Waals surface area contributed by atoms with Crippen LogP contribution in [0.4, 0.5) is 0 Å². The number of hydrogen-bond acceptors (Lipinski definition) is 4. The van der Waals surface area contributed by atoms with Crippen LogP contribution in [0.5, 0.6) is 11.5 Å². The number of aryl methyl sites for hydroxylation is 1. The Balaban J connectivity index is 2.15. The summed E-state index contributed by atoms with van der Waals surface area (Å²) in [4.78, 5) is 14.6. The van der Waals surface area contributed by atoms with Gasteiger partial charge in [0.2, 0.25) is 0 Å². The zero-order valence-corrected chi connectivity index (χ0v) is 15.1. The Kier molecular flexibility index (Phi) is 6.65. The third kappa shape index (κ3) is 4.42. The van der Waals surface area contributed by atoms with E-state index in [1.807, 2.05) is 17.9 Å². The van der Waals surface area contributed by atoms with Crippen LogP contribution < -0.4 is 5.73 Å². The summed E-state index contributed by atoms with van der Waals surface area (Å²) in [5.41, 5.74) is 6.71. The number of aromatic hydroxyl groups is 2. The minimum atomic E-state index is -0.165. The smallest absolute Gasteiger partial charge is 0.253 e. The van der Waals surface area contributed by atoms with Gasteiger partial charge in [-0.15, -0.1) is 0 Å². The summed E-state index contributed by atoms with van der Waals surface area (Å²) in [6, 6.07) is 6.88. The first-order valence-electron chi connectivity index (χ1n) is 8.94. The molecule has 2 aromatic rings. The van der Waals surface area contributed by atoms with E-state index in [2.05, 4.69) is 0 Å². The van der Waals surface area contributed by atoms with E-state index in [-0.39, 0.29) is 17.4 Å². The molecule has 1 amide bonds. The van der Waals surface area contributed by atoms with Crippen molar-refractivity contribution in [2.75, 3.05) is 19.6 Å². The lowest BCUT2D eigenvalue weighted by atomic mass is 10.0. The molecule has 0 aromatic heterocycles. The maximum absolute atomic E-state index is 12.8. The molecule has 0 aliphatic rings. The van der Waals surface area contributed by atoms with E-state index in [1.165, 1.54) is 6.07 Å². The summed E-state index contributed by atoms with van der Waals surface area (Å²) in [6.07, 6.45) is 4.17. The van der Waals surface area contributed by atoms with Gasteiger partial charge in [0.05, 0.1) is 0 Å². The SMILES string of the molecule is CCN(CCCCCCN)C(=O)c1ccc2c(C)c(O)c(O)cc2c1. The number of nitrogens with zero attached hydrogens (tertiary/aromatic N) is 1. The predicted octanol–water partition coefficient (Wildman–Crippen LogP) is 3.54. The number of fused-ring (bicyclic) bond motifs is 1. The lowest BCUT2D eigenvalue weighted by Gasteiger charge is -2.21. The molecule has 0 unspecified atom stereocenters. The molecule has 25 heavy (non-hydrogen) atoms. The second-order valence-electron chi connectivity index (χ2n) is 6.39. The molecule has 0 bridgehead atoms. The summed E-state index contributed by atoms with van der Waals surface area (Å²) in [7, 11) is 0. The number of carbonyl (C=O) groups is 1. The van der Waals surface area contributed by atoms with Crippen molar-refractivity contribution in [3.63, 3.8) is 0 Å². The maximum atomic E-state index is 12.8. The van der Waals surface area contributed by atoms with Crippen molar-refractivity contribution >= 4 is 16.7 Å². The number of phenols is 2. The second kappa shape index (κ2) is 8.72. The van der Waals surface area contributed by atoms with Gasteiger partial charge in [-0.25, -0.2) is 0 Å².